The fraction of sp³-hybridized carbons (Fsp3) is 0.357. The SMILES string of the molecule is Cc1c(Cl)ccc2ncc(CO)c(C(C)C)c12. The van der Waals surface area contributed by atoms with Gasteiger partial charge in [-0.1, -0.05) is 25.4 Å². The maximum absolute atomic E-state index is 9.41. The first kappa shape index (κ1) is 12.3. The number of halogens is 1. The first-order chi connectivity index (χ1) is 8.06. The third-order valence-corrected chi connectivity index (χ3v) is 3.51. The van der Waals surface area contributed by atoms with Crippen LogP contribution < -0.4 is 0 Å². The summed E-state index contributed by atoms with van der Waals surface area (Å²) in [7, 11) is 0. The Kier molecular flexibility index (Phi) is 3.36. The monoisotopic (exact) mass is 249 g/mol. The lowest BCUT2D eigenvalue weighted by molar-refractivity contribution is 0.280. The number of pyridine rings is 1. The number of rotatable bonds is 2. The minimum atomic E-state index is 0.0163. The zero-order chi connectivity index (χ0) is 12.6. The molecule has 0 unspecified atom stereocenters. The molecule has 0 aliphatic rings. The minimum Gasteiger partial charge on any atom is -0.392 e. The van der Waals surface area contributed by atoms with Crippen molar-refractivity contribution in [2.45, 2.75) is 33.3 Å². The number of hydrogen-bond acceptors (Lipinski definition) is 2. The number of fused-ring (bicyclic) bond motifs is 1. The van der Waals surface area contributed by atoms with Crippen molar-refractivity contribution in [3.8, 4) is 0 Å². The van der Waals surface area contributed by atoms with Crippen molar-refractivity contribution in [1.29, 1.82) is 0 Å². The predicted molar refractivity (Wildman–Crippen MR) is 71.5 cm³/mol. The quantitative estimate of drug-likeness (QED) is 0.878. The topological polar surface area (TPSA) is 33.1 Å². The van der Waals surface area contributed by atoms with Gasteiger partial charge >= 0.3 is 0 Å². The third-order valence-electron chi connectivity index (χ3n) is 3.10. The van der Waals surface area contributed by atoms with Crippen LogP contribution in [-0.4, -0.2) is 10.1 Å². The molecular formula is C14H16ClNO. The van der Waals surface area contributed by atoms with Crippen LogP contribution in [-0.2, 0) is 6.61 Å². The van der Waals surface area contributed by atoms with Gasteiger partial charge in [0, 0.05) is 16.6 Å². The molecule has 0 saturated heterocycles. The number of aliphatic hydroxyl groups excluding tert-OH is 1. The smallest absolute Gasteiger partial charge is 0.0708 e. The zero-order valence-corrected chi connectivity index (χ0v) is 11.0. The Morgan fingerprint density at radius 1 is 1.35 bits per heavy atom. The van der Waals surface area contributed by atoms with Gasteiger partial charge in [0.05, 0.1) is 12.1 Å². The zero-order valence-electron chi connectivity index (χ0n) is 10.3. The molecule has 0 aliphatic carbocycles. The Morgan fingerprint density at radius 3 is 2.65 bits per heavy atom. The number of aryl methyl sites for hydroxylation is 1. The van der Waals surface area contributed by atoms with Crippen LogP contribution in [0.15, 0.2) is 18.3 Å². The molecule has 90 valence electrons. The normalized spacial score (nSPS) is 11.4. The van der Waals surface area contributed by atoms with E-state index in [1.165, 1.54) is 0 Å². The molecule has 2 rings (SSSR count). The highest BCUT2D eigenvalue weighted by molar-refractivity contribution is 6.32. The van der Waals surface area contributed by atoms with E-state index in [0.717, 1.165) is 32.6 Å². The lowest BCUT2D eigenvalue weighted by Gasteiger charge is -2.16. The van der Waals surface area contributed by atoms with Crippen molar-refractivity contribution >= 4 is 22.5 Å². The second-order valence-electron chi connectivity index (χ2n) is 4.58. The second kappa shape index (κ2) is 4.63. The summed E-state index contributed by atoms with van der Waals surface area (Å²) in [5, 5.41) is 11.2. The van der Waals surface area contributed by atoms with E-state index < -0.39 is 0 Å². The Hall–Kier alpha value is -1.12. The molecule has 0 radical (unpaired) electrons. The molecule has 0 fully saturated rings. The highest BCUT2D eigenvalue weighted by Crippen LogP contribution is 2.33. The summed E-state index contributed by atoms with van der Waals surface area (Å²) in [5.41, 5.74) is 4.01. The summed E-state index contributed by atoms with van der Waals surface area (Å²) >= 11 is 6.17. The van der Waals surface area contributed by atoms with Crippen LogP contribution >= 0.6 is 11.6 Å². The van der Waals surface area contributed by atoms with Crippen LogP contribution in [0.5, 0.6) is 0 Å². The number of aromatic nitrogens is 1. The van der Waals surface area contributed by atoms with Crippen LogP contribution in [0, 0.1) is 6.92 Å². The molecule has 1 N–H and O–H groups in total. The molecule has 3 heteroatoms. The molecule has 0 amide bonds. The van der Waals surface area contributed by atoms with E-state index in [-0.39, 0.29) is 6.61 Å². The predicted octanol–water partition coefficient (Wildman–Crippen LogP) is 3.81. The van der Waals surface area contributed by atoms with Crippen molar-refractivity contribution < 1.29 is 5.11 Å². The maximum atomic E-state index is 9.41. The number of benzene rings is 1. The van der Waals surface area contributed by atoms with E-state index in [1.807, 2.05) is 19.1 Å². The van der Waals surface area contributed by atoms with Gasteiger partial charge in [-0.05, 0) is 41.7 Å². The first-order valence-electron chi connectivity index (χ1n) is 5.73. The van der Waals surface area contributed by atoms with E-state index in [0.29, 0.717) is 5.92 Å². The average Bonchev–Trinajstić information content (AvgIpc) is 2.32. The lowest BCUT2D eigenvalue weighted by Crippen LogP contribution is -2.01. The summed E-state index contributed by atoms with van der Waals surface area (Å²) in [5.74, 6) is 0.333. The molecule has 1 heterocycles. The Labute approximate surface area is 106 Å². The van der Waals surface area contributed by atoms with Crippen molar-refractivity contribution in [3.63, 3.8) is 0 Å². The highest BCUT2D eigenvalue weighted by Gasteiger charge is 2.14. The summed E-state index contributed by atoms with van der Waals surface area (Å²) < 4.78 is 0. The largest absolute Gasteiger partial charge is 0.392 e. The van der Waals surface area contributed by atoms with Crippen molar-refractivity contribution in [3.05, 3.63) is 40.0 Å². The number of hydrogen-bond donors (Lipinski definition) is 1. The fourth-order valence-corrected chi connectivity index (χ4v) is 2.44. The van der Waals surface area contributed by atoms with Gasteiger partial charge in [0.25, 0.3) is 0 Å². The molecule has 0 aliphatic heterocycles. The molecule has 2 aromatic rings. The van der Waals surface area contributed by atoms with Gasteiger partial charge in [-0.25, -0.2) is 0 Å². The minimum absolute atomic E-state index is 0.0163. The van der Waals surface area contributed by atoms with E-state index in [9.17, 15) is 5.11 Å². The number of nitrogens with zero attached hydrogens (tertiary/aromatic N) is 1. The van der Waals surface area contributed by atoms with Crippen LogP contribution in [0.2, 0.25) is 5.02 Å². The van der Waals surface area contributed by atoms with Gasteiger partial charge in [-0.3, -0.25) is 4.98 Å². The van der Waals surface area contributed by atoms with E-state index in [4.69, 9.17) is 11.6 Å². The highest BCUT2D eigenvalue weighted by atomic mass is 35.5. The summed E-state index contributed by atoms with van der Waals surface area (Å²) in [6, 6.07) is 3.80. The van der Waals surface area contributed by atoms with E-state index >= 15 is 0 Å². The molecule has 0 saturated carbocycles. The molecular weight excluding hydrogens is 234 g/mol. The van der Waals surface area contributed by atoms with Crippen molar-refractivity contribution in [2.75, 3.05) is 0 Å². The van der Waals surface area contributed by atoms with E-state index in [1.54, 1.807) is 6.20 Å². The van der Waals surface area contributed by atoms with Gasteiger partial charge in [0.1, 0.15) is 0 Å². The van der Waals surface area contributed by atoms with Crippen molar-refractivity contribution in [2.24, 2.45) is 0 Å². The van der Waals surface area contributed by atoms with Gasteiger partial charge in [-0.15, -0.1) is 0 Å². The molecule has 1 aromatic heterocycles. The standard InChI is InChI=1S/C14H16ClNO/c1-8(2)13-10(7-17)6-16-12-5-4-11(15)9(3)14(12)13/h4-6,8,17H,7H2,1-3H3. The third kappa shape index (κ3) is 2.03. The molecule has 17 heavy (non-hydrogen) atoms. The van der Waals surface area contributed by atoms with Gasteiger partial charge in [-0.2, -0.15) is 0 Å². The molecule has 0 atom stereocenters. The molecule has 2 nitrogen and oxygen atoms in total. The van der Waals surface area contributed by atoms with Crippen LogP contribution in [0.25, 0.3) is 10.9 Å². The molecule has 0 bridgehead atoms. The summed E-state index contributed by atoms with van der Waals surface area (Å²) in [4.78, 5) is 4.38. The fourth-order valence-electron chi connectivity index (χ4n) is 2.28. The first-order valence-corrected chi connectivity index (χ1v) is 6.11. The Morgan fingerprint density at radius 2 is 2.06 bits per heavy atom. The lowest BCUT2D eigenvalue weighted by atomic mass is 9.92. The second-order valence-corrected chi connectivity index (χ2v) is 4.98. The van der Waals surface area contributed by atoms with Crippen molar-refractivity contribution in [1.82, 2.24) is 4.98 Å². The Balaban J connectivity index is 2.92. The van der Waals surface area contributed by atoms with Gasteiger partial charge in [0.2, 0.25) is 0 Å². The summed E-state index contributed by atoms with van der Waals surface area (Å²) in [6.07, 6.45) is 1.75. The van der Waals surface area contributed by atoms with Gasteiger partial charge < -0.3 is 5.11 Å². The summed E-state index contributed by atoms with van der Waals surface area (Å²) in [6.45, 7) is 6.25. The van der Waals surface area contributed by atoms with Gasteiger partial charge in [0.15, 0.2) is 0 Å². The maximum Gasteiger partial charge on any atom is 0.0708 e. The van der Waals surface area contributed by atoms with Crippen LogP contribution in [0.4, 0.5) is 0 Å². The number of aliphatic hydroxyl groups is 1. The Bertz CT molecular complexity index is 564. The molecule has 1 aromatic carbocycles. The van der Waals surface area contributed by atoms with Crippen LogP contribution in [0.1, 0.15) is 36.5 Å². The van der Waals surface area contributed by atoms with Crippen LogP contribution in [0.3, 0.4) is 0 Å². The molecule has 0 spiro atoms. The van der Waals surface area contributed by atoms with E-state index in [2.05, 4.69) is 18.8 Å². The average molecular weight is 250 g/mol.